The molecule has 1 aliphatic carbocycles. The van der Waals surface area contributed by atoms with Crippen LogP contribution >= 0.6 is 11.3 Å². The number of piperidine rings is 4. The minimum atomic E-state index is -2.54. The highest BCUT2D eigenvalue weighted by Gasteiger charge is 2.60. The van der Waals surface area contributed by atoms with Gasteiger partial charge in [-0.15, -0.1) is 11.3 Å². The van der Waals surface area contributed by atoms with Crippen LogP contribution < -0.4 is 10.2 Å². The van der Waals surface area contributed by atoms with Gasteiger partial charge in [0.1, 0.15) is 0 Å². The van der Waals surface area contributed by atoms with Crippen LogP contribution in [0.5, 0.6) is 0 Å². The molecule has 0 radical (unpaired) electrons. The van der Waals surface area contributed by atoms with Crippen molar-refractivity contribution in [3.63, 3.8) is 0 Å². The highest BCUT2D eigenvalue weighted by molar-refractivity contribution is 7.20. The molecular formula is C23H27F2N3OS. The van der Waals surface area contributed by atoms with Gasteiger partial charge < -0.3 is 10.2 Å². The Morgan fingerprint density at radius 1 is 1.03 bits per heavy atom. The van der Waals surface area contributed by atoms with Crippen LogP contribution in [-0.2, 0) is 0 Å². The molecule has 4 saturated heterocycles. The van der Waals surface area contributed by atoms with Gasteiger partial charge in [0.25, 0.3) is 11.8 Å². The Bertz CT molecular complexity index is 983. The topological polar surface area (TPSA) is 35.6 Å². The Kier molecular flexibility index (Phi) is 4.20. The minimum Gasteiger partial charge on any atom is -0.371 e. The van der Waals surface area contributed by atoms with Crippen molar-refractivity contribution in [3.05, 3.63) is 29.1 Å². The van der Waals surface area contributed by atoms with Crippen LogP contribution in [0.1, 0.15) is 48.2 Å². The Morgan fingerprint density at radius 2 is 1.77 bits per heavy atom. The molecule has 0 unspecified atom stereocenters. The summed E-state index contributed by atoms with van der Waals surface area (Å²) in [7, 11) is 0. The molecule has 1 aromatic carbocycles. The van der Waals surface area contributed by atoms with E-state index in [1.165, 1.54) is 50.1 Å². The van der Waals surface area contributed by atoms with Gasteiger partial charge in [-0.2, -0.15) is 0 Å². The monoisotopic (exact) mass is 431 g/mol. The normalized spacial score (nSPS) is 31.3. The first-order chi connectivity index (χ1) is 14.4. The number of hydrogen-bond donors (Lipinski definition) is 1. The predicted molar refractivity (Wildman–Crippen MR) is 116 cm³/mol. The van der Waals surface area contributed by atoms with E-state index in [0.29, 0.717) is 19.0 Å². The summed E-state index contributed by atoms with van der Waals surface area (Å²) < 4.78 is 28.0. The lowest BCUT2D eigenvalue weighted by Crippen LogP contribution is -2.65. The number of halogens is 2. The largest absolute Gasteiger partial charge is 0.371 e. The molecule has 1 spiro atoms. The van der Waals surface area contributed by atoms with Crippen molar-refractivity contribution >= 4 is 33.0 Å². The van der Waals surface area contributed by atoms with E-state index in [1.54, 1.807) is 0 Å². The lowest BCUT2D eigenvalue weighted by Gasteiger charge is -2.52. The van der Waals surface area contributed by atoms with Gasteiger partial charge in [0, 0.05) is 41.9 Å². The van der Waals surface area contributed by atoms with Gasteiger partial charge in [0.2, 0.25) is 0 Å². The second kappa shape index (κ2) is 6.63. The maximum absolute atomic E-state index is 13.5. The first-order valence-electron chi connectivity index (χ1n) is 11.2. The van der Waals surface area contributed by atoms with Crippen LogP contribution in [0.3, 0.4) is 0 Å². The molecule has 1 amide bonds. The quantitative estimate of drug-likeness (QED) is 0.778. The molecule has 160 valence electrons. The molecule has 2 bridgehead atoms. The number of nitrogens with one attached hydrogen (secondary N) is 1. The lowest BCUT2D eigenvalue weighted by molar-refractivity contribution is -0.0220. The van der Waals surface area contributed by atoms with Gasteiger partial charge in [-0.3, -0.25) is 9.69 Å². The van der Waals surface area contributed by atoms with Gasteiger partial charge in [0.15, 0.2) is 0 Å². The van der Waals surface area contributed by atoms with Crippen molar-refractivity contribution in [1.82, 2.24) is 10.2 Å². The third-order valence-electron chi connectivity index (χ3n) is 7.86. The summed E-state index contributed by atoms with van der Waals surface area (Å²) in [4.78, 5) is 18.5. The average molecular weight is 432 g/mol. The first-order valence-corrected chi connectivity index (χ1v) is 12.0. The number of benzene rings is 1. The Labute approximate surface area is 179 Å². The molecule has 4 aliphatic heterocycles. The van der Waals surface area contributed by atoms with Crippen molar-refractivity contribution in [2.75, 3.05) is 31.1 Å². The molecule has 7 rings (SSSR count). The fourth-order valence-corrected chi connectivity index (χ4v) is 6.95. The highest BCUT2D eigenvalue weighted by atomic mass is 32.1. The van der Waals surface area contributed by atoms with Crippen LogP contribution in [0.4, 0.5) is 14.5 Å². The van der Waals surface area contributed by atoms with Gasteiger partial charge in [-0.05, 0) is 68.3 Å². The third-order valence-corrected chi connectivity index (χ3v) is 8.95. The maximum Gasteiger partial charge on any atom is 0.261 e. The molecule has 4 nitrogen and oxygen atoms in total. The Balaban J connectivity index is 1.20. The number of rotatable bonds is 3. The molecule has 7 heteroatoms. The molecule has 1 aromatic heterocycles. The highest BCUT2D eigenvalue weighted by Crippen LogP contribution is 2.53. The standard InChI is InChI=1S/C23H27F2N3OS/c24-23(25)7-11-27(12-8-23)17-2-1-16-13-19(30-18(16)14-17)21(29)26-20-15-3-9-28(10-4-15)22(20)5-6-22/h1-2,13-15,20H,3-12H2,(H,26,29)/t20-/m1/s1. The van der Waals surface area contributed by atoms with E-state index in [2.05, 4.69) is 16.3 Å². The van der Waals surface area contributed by atoms with E-state index in [0.717, 1.165) is 20.7 Å². The molecular weight excluding hydrogens is 404 g/mol. The number of nitrogens with zero attached hydrogens (tertiary/aromatic N) is 2. The van der Waals surface area contributed by atoms with Crippen molar-refractivity contribution in [2.45, 2.75) is 56.0 Å². The van der Waals surface area contributed by atoms with Crippen molar-refractivity contribution < 1.29 is 13.6 Å². The molecule has 1 atom stereocenters. The Hall–Kier alpha value is -1.73. The van der Waals surface area contributed by atoms with Crippen LogP contribution in [0.25, 0.3) is 10.1 Å². The lowest BCUT2D eigenvalue weighted by atomic mass is 9.77. The second-order valence-corrected chi connectivity index (χ2v) is 10.6. The van der Waals surface area contributed by atoms with E-state index in [4.69, 9.17) is 0 Å². The van der Waals surface area contributed by atoms with E-state index >= 15 is 0 Å². The summed E-state index contributed by atoms with van der Waals surface area (Å²) in [6, 6.07) is 8.32. The van der Waals surface area contributed by atoms with Crippen molar-refractivity contribution in [2.24, 2.45) is 5.92 Å². The molecule has 1 saturated carbocycles. The SMILES string of the molecule is O=C(N[C@@H]1C2CCN(CC2)C12CC2)c1cc2ccc(N3CCC(F)(F)CC3)cc2s1. The summed E-state index contributed by atoms with van der Waals surface area (Å²) in [6.07, 6.45) is 4.61. The smallest absolute Gasteiger partial charge is 0.261 e. The van der Waals surface area contributed by atoms with Crippen LogP contribution in [0.2, 0.25) is 0 Å². The molecule has 2 aromatic rings. The molecule has 5 aliphatic rings. The summed E-state index contributed by atoms with van der Waals surface area (Å²) >= 11 is 1.51. The zero-order chi connectivity index (χ0) is 20.5. The van der Waals surface area contributed by atoms with Crippen LogP contribution in [0.15, 0.2) is 24.3 Å². The number of amides is 1. The van der Waals surface area contributed by atoms with Crippen molar-refractivity contribution in [3.8, 4) is 0 Å². The first kappa shape index (κ1) is 19.0. The fourth-order valence-electron chi connectivity index (χ4n) is 5.95. The molecule has 5 heterocycles. The van der Waals surface area contributed by atoms with Crippen LogP contribution in [0, 0.1) is 5.92 Å². The summed E-state index contributed by atoms with van der Waals surface area (Å²) in [6.45, 7) is 3.12. The number of carbonyl (C=O) groups is 1. The molecule has 5 fully saturated rings. The minimum absolute atomic E-state index is 0.0420. The average Bonchev–Trinajstić information content (AvgIpc) is 3.40. The Morgan fingerprint density at radius 3 is 2.47 bits per heavy atom. The maximum atomic E-state index is 13.5. The number of fused-ring (bicyclic) bond motifs is 3. The van der Waals surface area contributed by atoms with E-state index in [-0.39, 0.29) is 30.3 Å². The van der Waals surface area contributed by atoms with E-state index < -0.39 is 5.92 Å². The number of carbonyl (C=O) groups excluding carboxylic acids is 1. The fraction of sp³-hybridized carbons (Fsp3) is 0.609. The predicted octanol–water partition coefficient (Wildman–Crippen LogP) is 4.49. The van der Waals surface area contributed by atoms with Gasteiger partial charge >= 0.3 is 0 Å². The number of anilines is 1. The molecule has 1 N–H and O–H groups in total. The van der Waals surface area contributed by atoms with E-state index in [9.17, 15) is 13.6 Å². The summed E-state index contributed by atoms with van der Waals surface area (Å²) in [5.74, 6) is -1.89. The third kappa shape index (κ3) is 3.04. The second-order valence-electron chi connectivity index (χ2n) is 9.55. The number of alkyl halides is 2. The van der Waals surface area contributed by atoms with Crippen LogP contribution in [-0.4, -0.2) is 54.5 Å². The molecule has 30 heavy (non-hydrogen) atoms. The summed E-state index contributed by atoms with van der Waals surface area (Å²) in [5.41, 5.74) is 1.21. The summed E-state index contributed by atoms with van der Waals surface area (Å²) in [5, 5.41) is 4.45. The zero-order valence-corrected chi connectivity index (χ0v) is 17.8. The van der Waals surface area contributed by atoms with Gasteiger partial charge in [-0.25, -0.2) is 8.78 Å². The zero-order valence-electron chi connectivity index (χ0n) is 17.0. The van der Waals surface area contributed by atoms with Gasteiger partial charge in [0.05, 0.1) is 10.9 Å². The number of thiophene rings is 1. The van der Waals surface area contributed by atoms with Crippen molar-refractivity contribution in [1.29, 1.82) is 0 Å². The van der Waals surface area contributed by atoms with Gasteiger partial charge in [-0.1, -0.05) is 6.07 Å². The van der Waals surface area contributed by atoms with E-state index in [1.807, 2.05) is 23.1 Å². The number of hydrogen-bond acceptors (Lipinski definition) is 4.